The maximum Gasteiger partial charge on any atom is 0.271 e. The quantitative estimate of drug-likeness (QED) is 0.572. The summed E-state index contributed by atoms with van der Waals surface area (Å²) in [7, 11) is 0. The Balaban J connectivity index is 1.40. The summed E-state index contributed by atoms with van der Waals surface area (Å²) in [6, 6.07) is 20.0. The number of fused-ring (bicyclic) bond motifs is 1. The van der Waals surface area contributed by atoms with Crippen LogP contribution in [0.15, 0.2) is 71.1 Å². The van der Waals surface area contributed by atoms with Gasteiger partial charge in [0.25, 0.3) is 5.91 Å². The van der Waals surface area contributed by atoms with Gasteiger partial charge in [-0.25, -0.2) is 5.43 Å². The van der Waals surface area contributed by atoms with E-state index in [0.29, 0.717) is 5.56 Å². The molecular formula is C20H17N3OS. The van der Waals surface area contributed by atoms with Crippen LogP contribution in [0.5, 0.6) is 0 Å². The first-order chi connectivity index (χ1) is 12.3. The van der Waals surface area contributed by atoms with E-state index < -0.39 is 0 Å². The Hall–Kier alpha value is -2.92. The fourth-order valence-electron chi connectivity index (χ4n) is 2.92. The minimum Gasteiger partial charge on any atom is -0.363 e. The Labute approximate surface area is 150 Å². The number of hydrogen-bond acceptors (Lipinski definition) is 4. The van der Waals surface area contributed by atoms with Gasteiger partial charge in [-0.15, -0.1) is 11.3 Å². The van der Waals surface area contributed by atoms with Crippen molar-refractivity contribution in [2.24, 2.45) is 5.10 Å². The van der Waals surface area contributed by atoms with Crippen LogP contribution in [-0.2, 0) is 13.1 Å². The highest BCUT2D eigenvalue weighted by molar-refractivity contribution is 7.11. The van der Waals surface area contributed by atoms with E-state index in [1.165, 1.54) is 11.1 Å². The average Bonchev–Trinajstić information content (AvgIpc) is 3.31. The average molecular weight is 347 g/mol. The molecule has 0 fully saturated rings. The van der Waals surface area contributed by atoms with Gasteiger partial charge in [-0.05, 0) is 46.8 Å². The molecule has 2 heterocycles. The molecule has 1 amide bonds. The predicted molar refractivity (Wildman–Crippen MR) is 102 cm³/mol. The van der Waals surface area contributed by atoms with E-state index in [-0.39, 0.29) is 5.91 Å². The molecule has 124 valence electrons. The van der Waals surface area contributed by atoms with Crippen LogP contribution >= 0.6 is 11.3 Å². The summed E-state index contributed by atoms with van der Waals surface area (Å²) in [6.45, 7) is 1.82. The highest BCUT2D eigenvalue weighted by Gasteiger charge is 2.18. The molecule has 0 radical (unpaired) electrons. The number of amides is 1. The standard InChI is InChI=1S/C20H17N3OS/c24-20(22-21-12-19-6-3-11-25-19)15-7-9-18(10-8-15)23-13-16-4-1-2-5-17(16)14-23/h1-12H,13-14H2,(H,22,24). The van der Waals surface area contributed by atoms with Gasteiger partial charge in [-0.2, -0.15) is 5.10 Å². The molecule has 25 heavy (non-hydrogen) atoms. The zero-order valence-corrected chi connectivity index (χ0v) is 14.4. The summed E-state index contributed by atoms with van der Waals surface area (Å²) in [5, 5.41) is 5.96. The van der Waals surface area contributed by atoms with Crippen molar-refractivity contribution >= 4 is 29.1 Å². The van der Waals surface area contributed by atoms with E-state index in [1.807, 2.05) is 41.8 Å². The molecule has 1 aromatic heterocycles. The van der Waals surface area contributed by atoms with E-state index in [2.05, 4.69) is 39.7 Å². The van der Waals surface area contributed by atoms with Gasteiger partial charge in [-0.3, -0.25) is 4.79 Å². The number of carbonyl (C=O) groups is 1. The lowest BCUT2D eigenvalue weighted by atomic mass is 10.1. The van der Waals surface area contributed by atoms with Gasteiger partial charge in [0.2, 0.25) is 0 Å². The molecule has 0 saturated heterocycles. The first-order valence-corrected chi connectivity index (χ1v) is 8.96. The third-order valence-electron chi connectivity index (χ3n) is 4.24. The largest absolute Gasteiger partial charge is 0.363 e. The van der Waals surface area contributed by atoms with Crippen molar-refractivity contribution in [3.8, 4) is 0 Å². The summed E-state index contributed by atoms with van der Waals surface area (Å²) in [5.41, 5.74) is 7.02. The minimum atomic E-state index is -0.205. The van der Waals surface area contributed by atoms with Gasteiger partial charge < -0.3 is 4.90 Å². The van der Waals surface area contributed by atoms with Crippen molar-refractivity contribution in [3.63, 3.8) is 0 Å². The second kappa shape index (κ2) is 6.91. The minimum absolute atomic E-state index is 0.205. The molecule has 0 spiro atoms. The second-order valence-corrected chi connectivity index (χ2v) is 6.87. The zero-order valence-electron chi connectivity index (χ0n) is 13.6. The topological polar surface area (TPSA) is 44.7 Å². The lowest BCUT2D eigenvalue weighted by Gasteiger charge is -2.17. The van der Waals surface area contributed by atoms with Crippen LogP contribution in [0.2, 0.25) is 0 Å². The van der Waals surface area contributed by atoms with Gasteiger partial charge in [-0.1, -0.05) is 30.3 Å². The number of hydrazone groups is 1. The summed E-state index contributed by atoms with van der Waals surface area (Å²) < 4.78 is 0. The van der Waals surface area contributed by atoms with E-state index in [9.17, 15) is 4.79 Å². The highest BCUT2D eigenvalue weighted by Crippen LogP contribution is 2.28. The Morgan fingerprint density at radius 1 is 1.00 bits per heavy atom. The van der Waals surface area contributed by atoms with Crippen LogP contribution in [0.25, 0.3) is 0 Å². The normalized spacial score (nSPS) is 13.2. The summed E-state index contributed by atoms with van der Waals surface area (Å²) in [4.78, 5) is 15.5. The molecule has 1 aliphatic rings. The SMILES string of the molecule is O=C(NN=Cc1cccs1)c1ccc(N2Cc3ccccc3C2)cc1. The fourth-order valence-corrected chi connectivity index (χ4v) is 3.51. The van der Waals surface area contributed by atoms with Crippen LogP contribution < -0.4 is 10.3 Å². The van der Waals surface area contributed by atoms with E-state index in [1.54, 1.807) is 17.6 Å². The van der Waals surface area contributed by atoms with E-state index in [0.717, 1.165) is 23.7 Å². The van der Waals surface area contributed by atoms with Gasteiger partial charge >= 0.3 is 0 Å². The van der Waals surface area contributed by atoms with Gasteiger partial charge in [0.05, 0.1) is 6.21 Å². The fraction of sp³-hybridized carbons (Fsp3) is 0.100. The van der Waals surface area contributed by atoms with Crippen LogP contribution in [0, 0.1) is 0 Å². The van der Waals surface area contributed by atoms with Crippen LogP contribution in [0.1, 0.15) is 26.4 Å². The smallest absolute Gasteiger partial charge is 0.271 e. The third kappa shape index (κ3) is 3.46. The molecule has 1 aliphatic heterocycles. The lowest BCUT2D eigenvalue weighted by Crippen LogP contribution is -2.18. The molecule has 4 nitrogen and oxygen atoms in total. The number of nitrogens with zero attached hydrogens (tertiary/aromatic N) is 2. The number of rotatable bonds is 4. The molecule has 0 saturated carbocycles. The summed E-state index contributed by atoms with van der Waals surface area (Å²) in [6.07, 6.45) is 1.65. The van der Waals surface area contributed by atoms with Crippen LogP contribution in [-0.4, -0.2) is 12.1 Å². The Morgan fingerprint density at radius 3 is 2.36 bits per heavy atom. The van der Waals surface area contributed by atoms with Crippen molar-refractivity contribution < 1.29 is 4.79 Å². The molecule has 0 atom stereocenters. The first-order valence-electron chi connectivity index (χ1n) is 8.08. The van der Waals surface area contributed by atoms with Crippen molar-refractivity contribution in [2.45, 2.75) is 13.1 Å². The lowest BCUT2D eigenvalue weighted by molar-refractivity contribution is 0.0955. The van der Waals surface area contributed by atoms with E-state index >= 15 is 0 Å². The maximum atomic E-state index is 12.1. The molecule has 4 rings (SSSR count). The number of benzene rings is 2. The zero-order chi connectivity index (χ0) is 17.1. The highest BCUT2D eigenvalue weighted by atomic mass is 32.1. The number of hydrogen-bond donors (Lipinski definition) is 1. The van der Waals surface area contributed by atoms with Crippen LogP contribution in [0.3, 0.4) is 0 Å². The van der Waals surface area contributed by atoms with Crippen molar-refractivity contribution in [3.05, 3.63) is 87.6 Å². The predicted octanol–water partition coefficient (Wildman–Crippen LogP) is 4.03. The molecule has 1 N–H and O–H groups in total. The molecular weight excluding hydrogens is 330 g/mol. The van der Waals surface area contributed by atoms with Crippen molar-refractivity contribution in [2.75, 3.05) is 4.90 Å². The number of carbonyl (C=O) groups excluding carboxylic acids is 1. The second-order valence-electron chi connectivity index (χ2n) is 5.89. The number of nitrogens with one attached hydrogen (secondary N) is 1. The van der Waals surface area contributed by atoms with Gasteiger partial charge in [0.15, 0.2) is 0 Å². The summed E-state index contributed by atoms with van der Waals surface area (Å²) >= 11 is 1.58. The van der Waals surface area contributed by atoms with E-state index in [4.69, 9.17) is 0 Å². The maximum absolute atomic E-state index is 12.1. The molecule has 0 unspecified atom stereocenters. The number of thiophene rings is 1. The van der Waals surface area contributed by atoms with Gasteiger partial charge in [0, 0.05) is 29.2 Å². The van der Waals surface area contributed by atoms with Crippen LogP contribution in [0.4, 0.5) is 5.69 Å². The monoisotopic (exact) mass is 347 g/mol. The Bertz CT molecular complexity index is 876. The Morgan fingerprint density at radius 2 is 1.72 bits per heavy atom. The van der Waals surface area contributed by atoms with Crippen molar-refractivity contribution in [1.82, 2.24) is 5.43 Å². The molecule has 2 aromatic carbocycles. The number of anilines is 1. The first kappa shape index (κ1) is 15.6. The molecule has 5 heteroatoms. The summed E-state index contributed by atoms with van der Waals surface area (Å²) in [5.74, 6) is -0.205. The third-order valence-corrected chi connectivity index (χ3v) is 5.04. The van der Waals surface area contributed by atoms with Gasteiger partial charge in [0.1, 0.15) is 0 Å². The molecule has 0 bridgehead atoms. The molecule has 0 aliphatic carbocycles. The van der Waals surface area contributed by atoms with Crippen molar-refractivity contribution in [1.29, 1.82) is 0 Å². The Kier molecular flexibility index (Phi) is 4.31. The molecule has 3 aromatic rings.